The van der Waals surface area contributed by atoms with Crippen molar-refractivity contribution in [1.29, 1.82) is 0 Å². The molecular weight excluding hydrogens is 552 g/mol. The minimum Gasteiger partial charge on any atom is -0.423 e. The van der Waals surface area contributed by atoms with E-state index in [1.807, 2.05) is 97.1 Å². The molecule has 5 nitrogen and oxygen atoms in total. The van der Waals surface area contributed by atoms with Gasteiger partial charge in [0.05, 0.1) is 11.8 Å². The zero-order valence-electron chi connectivity index (χ0n) is 21.0. The van der Waals surface area contributed by atoms with Crippen molar-refractivity contribution in [2.45, 2.75) is 12.5 Å². The highest BCUT2D eigenvalue weighted by atomic mass is 79.9. The zero-order chi connectivity index (χ0) is 27.0. The highest BCUT2D eigenvalue weighted by Crippen LogP contribution is 2.35. The molecule has 1 aliphatic rings. The molecule has 5 rings (SSSR count). The Morgan fingerprint density at radius 3 is 2.03 bits per heavy atom. The average molecular weight is 577 g/mol. The van der Waals surface area contributed by atoms with Gasteiger partial charge in [0.15, 0.2) is 0 Å². The molecular formula is C33H25BrN2O3. The topological polar surface area (TPSA) is 59.0 Å². The number of hydrazone groups is 1. The molecule has 0 saturated heterocycles. The Hall–Kier alpha value is -4.55. The maximum absolute atomic E-state index is 13.4. The maximum atomic E-state index is 13.4. The summed E-state index contributed by atoms with van der Waals surface area (Å²) in [5.74, 6) is -0.335. The SMILES string of the molecule is O=C(C=Cc1ccccc1)Oc1ccccc1C1=NN(C(=O)C=Cc2ccccc2)C(c2ccc(Br)cc2)C1. The van der Waals surface area contributed by atoms with E-state index >= 15 is 0 Å². The van der Waals surface area contributed by atoms with Gasteiger partial charge in [-0.05, 0) is 53.1 Å². The van der Waals surface area contributed by atoms with Crippen molar-refractivity contribution in [2.75, 3.05) is 0 Å². The Morgan fingerprint density at radius 1 is 0.769 bits per heavy atom. The van der Waals surface area contributed by atoms with Gasteiger partial charge >= 0.3 is 5.97 Å². The largest absolute Gasteiger partial charge is 0.423 e. The normalized spacial score (nSPS) is 15.1. The fourth-order valence-corrected chi connectivity index (χ4v) is 4.56. The lowest BCUT2D eigenvalue weighted by atomic mass is 9.98. The maximum Gasteiger partial charge on any atom is 0.336 e. The number of benzene rings is 4. The smallest absolute Gasteiger partial charge is 0.336 e. The molecule has 1 unspecified atom stereocenters. The van der Waals surface area contributed by atoms with E-state index in [4.69, 9.17) is 9.84 Å². The van der Waals surface area contributed by atoms with Gasteiger partial charge in [-0.1, -0.05) is 101 Å². The molecule has 4 aromatic rings. The fourth-order valence-electron chi connectivity index (χ4n) is 4.29. The molecule has 0 bridgehead atoms. The third kappa shape index (κ3) is 6.67. The van der Waals surface area contributed by atoms with E-state index in [0.717, 1.165) is 21.2 Å². The highest BCUT2D eigenvalue weighted by molar-refractivity contribution is 9.10. The van der Waals surface area contributed by atoms with Crippen LogP contribution in [0.25, 0.3) is 12.2 Å². The molecule has 0 fully saturated rings. The predicted molar refractivity (Wildman–Crippen MR) is 158 cm³/mol. The molecule has 0 aliphatic carbocycles. The van der Waals surface area contributed by atoms with Crippen LogP contribution in [0.2, 0.25) is 0 Å². The number of hydrogen-bond acceptors (Lipinski definition) is 4. The van der Waals surface area contributed by atoms with Gasteiger partial charge in [-0.2, -0.15) is 5.10 Å². The second-order valence-corrected chi connectivity index (χ2v) is 9.82. The summed E-state index contributed by atoms with van der Waals surface area (Å²) in [7, 11) is 0. The molecule has 1 atom stereocenters. The Balaban J connectivity index is 1.42. The van der Waals surface area contributed by atoms with Crippen LogP contribution < -0.4 is 4.74 Å². The van der Waals surface area contributed by atoms with Crippen molar-refractivity contribution in [3.05, 3.63) is 148 Å². The summed E-state index contributed by atoms with van der Waals surface area (Å²) >= 11 is 3.48. The summed E-state index contributed by atoms with van der Waals surface area (Å²) in [6.45, 7) is 0. The fraction of sp³-hybridized carbons (Fsp3) is 0.0606. The molecule has 0 N–H and O–H groups in total. The zero-order valence-corrected chi connectivity index (χ0v) is 22.6. The third-order valence-electron chi connectivity index (χ3n) is 6.23. The monoisotopic (exact) mass is 576 g/mol. The number of para-hydroxylation sites is 1. The van der Waals surface area contributed by atoms with Crippen LogP contribution in [0, 0.1) is 0 Å². The standard InChI is InChI=1S/C33H25BrN2O3/c34-27-19-17-26(18-20-27)30-23-29(35-36(30)32(37)21-15-24-9-3-1-4-10-24)28-13-7-8-14-31(28)39-33(38)22-16-25-11-5-2-6-12-25/h1-22,30H,23H2. The first-order chi connectivity index (χ1) is 19.1. The molecule has 1 amide bonds. The number of halogens is 1. The first-order valence-electron chi connectivity index (χ1n) is 12.5. The van der Waals surface area contributed by atoms with Crippen molar-refractivity contribution in [1.82, 2.24) is 5.01 Å². The molecule has 4 aromatic carbocycles. The molecule has 6 heteroatoms. The molecule has 0 saturated carbocycles. The summed E-state index contributed by atoms with van der Waals surface area (Å²) in [6, 6.07) is 34.0. The molecule has 1 aliphatic heterocycles. The van der Waals surface area contributed by atoms with Crippen LogP contribution in [0.15, 0.2) is 131 Å². The lowest BCUT2D eigenvalue weighted by molar-refractivity contribution is -0.129. The first kappa shape index (κ1) is 26.1. The number of carbonyl (C=O) groups is 2. The molecule has 0 spiro atoms. The molecule has 0 aromatic heterocycles. The second-order valence-electron chi connectivity index (χ2n) is 8.91. The summed E-state index contributed by atoms with van der Waals surface area (Å²) in [6.07, 6.45) is 6.90. The van der Waals surface area contributed by atoms with Crippen LogP contribution in [0.4, 0.5) is 0 Å². The quantitative estimate of drug-likeness (QED) is 0.130. The van der Waals surface area contributed by atoms with Gasteiger partial charge in [0, 0.05) is 28.6 Å². The lowest BCUT2D eigenvalue weighted by Gasteiger charge is -2.20. The Labute approximate surface area is 235 Å². The van der Waals surface area contributed by atoms with Crippen molar-refractivity contribution in [3.63, 3.8) is 0 Å². The molecule has 192 valence electrons. The van der Waals surface area contributed by atoms with E-state index in [2.05, 4.69) is 15.9 Å². The van der Waals surface area contributed by atoms with Crippen LogP contribution in [-0.4, -0.2) is 22.6 Å². The van der Waals surface area contributed by atoms with Crippen LogP contribution in [-0.2, 0) is 9.59 Å². The number of carbonyl (C=O) groups excluding carboxylic acids is 2. The number of rotatable bonds is 7. The highest BCUT2D eigenvalue weighted by Gasteiger charge is 2.33. The summed E-state index contributed by atoms with van der Waals surface area (Å²) in [4.78, 5) is 26.0. The van der Waals surface area contributed by atoms with Gasteiger partial charge in [0.1, 0.15) is 5.75 Å². The predicted octanol–water partition coefficient (Wildman–Crippen LogP) is 7.46. The molecule has 0 radical (unpaired) electrons. The van der Waals surface area contributed by atoms with Crippen molar-refractivity contribution in [3.8, 4) is 5.75 Å². The number of nitrogens with zero attached hydrogens (tertiary/aromatic N) is 2. The van der Waals surface area contributed by atoms with Gasteiger partial charge < -0.3 is 4.74 Å². The van der Waals surface area contributed by atoms with Gasteiger partial charge in [-0.3, -0.25) is 4.79 Å². The Bertz CT molecular complexity index is 1550. The van der Waals surface area contributed by atoms with Crippen LogP contribution in [0.3, 0.4) is 0 Å². The van der Waals surface area contributed by atoms with Crippen LogP contribution >= 0.6 is 15.9 Å². The Kier molecular flexibility index (Phi) is 8.24. The minimum atomic E-state index is -0.493. The van der Waals surface area contributed by atoms with Gasteiger partial charge in [-0.25, -0.2) is 9.80 Å². The Morgan fingerprint density at radius 2 is 1.36 bits per heavy atom. The lowest BCUT2D eigenvalue weighted by Crippen LogP contribution is -2.25. The first-order valence-corrected chi connectivity index (χ1v) is 13.3. The van der Waals surface area contributed by atoms with Crippen LogP contribution in [0.1, 0.15) is 34.7 Å². The van der Waals surface area contributed by atoms with E-state index in [1.165, 1.54) is 17.2 Å². The number of esters is 1. The van der Waals surface area contributed by atoms with E-state index in [9.17, 15) is 9.59 Å². The van der Waals surface area contributed by atoms with Crippen LogP contribution in [0.5, 0.6) is 5.75 Å². The van der Waals surface area contributed by atoms with E-state index in [0.29, 0.717) is 23.4 Å². The molecule has 1 heterocycles. The summed E-state index contributed by atoms with van der Waals surface area (Å²) in [5.41, 5.74) is 4.12. The third-order valence-corrected chi connectivity index (χ3v) is 6.76. The number of amides is 1. The van der Waals surface area contributed by atoms with Crippen molar-refractivity contribution >= 4 is 45.7 Å². The van der Waals surface area contributed by atoms with Crippen molar-refractivity contribution in [2.24, 2.45) is 5.10 Å². The van der Waals surface area contributed by atoms with Gasteiger partial charge in [-0.15, -0.1) is 0 Å². The van der Waals surface area contributed by atoms with E-state index in [1.54, 1.807) is 24.3 Å². The number of hydrogen-bond donors (Lipinski definition) is 0. The number of ether oxygens (including phenoxy) is 1. The van der Waals surface area contributed by atoms with Gasteiger partial charge in [0.2, 0.25) is 0 Å². The summed E-state index contributed by atoms with van der Waals surface area (Å²) in [5, 5.41) is 6.25. The van der Waals surface area contributed by atoms with Crippen molar-refractivity contribution < 1.29 is 14.3 Å². The molecule has 39 heavy (non-hydrogen) atoms. The minimum absolute atomic E-state index is 0.234. The summed E-state index contributed by atoms with van der Waals surface area (Å²) < 4.78 is 6.66. The second kappa shape index (κ2) is 12.3. The van der Waals surface area contributed by atoms with Gasteiger partial charge in [0.25, 0.3) is 5.91 Å². The van der Waals surface area contributed by atoms with E-state index < -0.39 is 5.97 Å². The van der Waals surface area contributed by atoms with E-state index in [-0.39, 0.29) is 11.9 Å². The average Bonchev–Trinajstić information content (AvgIpc) is 3.42.